The topological polar surface area (TPSA) is 29.5 Å². The van der Waals surface area contributed by atoms with Gasteiger partial charge in [-0.25, -0.2) is 0 Å². The highest BCUT2D eigenvalue weighted by molar-refractivity contribution is 5.05. The quantitative estimate of drug-likeness (QED) is 0.532. The standard InChI is InChI=1S/C11H18O2/c12-9-5-2-1-3-7-11-8-4-6-10-13-11/h11-12H,1-2,4-6,8-10H2. The van der Waals surface area contributed by atoms with Crippen molar-refractivity contribution in [2.45, 2.75) is 44.6 Å². The molecular weight excluding hydrogens is 164 g/mol. The summed E-state index contributed by atoms with van der Waals surface area (Å²) in [6.45, 7) is 1.15. The zero-order chi connectivity index (χ0) is 9.36. The van der Waals surface area contributed by atoms with Gasteiger partial charge < -0.3 is 9.84 Å². The zero-order valence-electron chi connectivity index (χ0n) is 8.09. The van der Waals surface area contributed by atoms with Crippen LogP contribution in [0.1, 0.15) is 38.5 Å². The van der Waals surface area contributed by atoms with E-state index in [9.17, 15) is 0 Å². The van der Waals surface area contributed by atoms with Crippen molar-refractivity contribution in [1.82, 2.24) is 0 Å². The predicted molar refractivity (Wildman–Crippen MR) is 52.3 cm³/mol. The minimum absolute atomic E-state index is 0.183. The van der Waals surface area contributed by atoms with Crippen LogP contribution in [0.2, 0.25) is 0 Å². The van der Waals surface area contributed by atoms with Crippen LogP contribution in [0.5, 0.6) is 0 Å². The van der Waals surface area contributed by atoms with Gasteiger partial charge in [0.1, 0.15) is 6.10 Å². The van der Waals surface area contributed by atoms with Crippen LogP contribution in [-0.2, 0) is 4.74 Å². The third kappa shape index (κ3) is 4.92. The van der Waals surface area contributed by atoms with Gasteiger partial charge in [0.05, 0.1) is 0 Å². The number of hydrogen-bond acceptors (Lipinski definition) is 2. The molecule has 74 valence electrons. The molecule has 0 bridgehead atoms. The molecule has 0 saturated carbocycles. The fourth-order valence-corrected chi connectivity index (χ4v) is 1.37. The van der Waals surface area contributed by atoms with Crippen LogP contribution in [0.4, 0.5) is 0 Å². The lowest BCUT2D eigenvalue weighted by molar-refractivity contribution is 0.0525. The monoisotopic (exact) mass is 182 g/mol. The Morgan fingerprint density at radius 2 is 2.23 bits per heavy atom. The largest absolute Gasteiger partial charge is 0.396 e. The summed E-state index contributed by atoms with van der Waals surface area (Å²) in [4.78, 5) is 0. The molecule has 1 unspecified atom stereocenters. The van der Waals surface area contributed by atoms with Crippen molar-refractivity contribution in [3.05, 3.63) is 0 Å². The molecule has 2 heteroatoms. The molecule has 1 fully saturated rings. The van der Waals surface area contributed by atoms with Crippen LogP contribution in [0.3, 0.4) is 0 Å². The first-order valence-corrected chi connectivity index (χ1v) is 5.14. The number of ether oxygens (including phenoxy) is 1. The van der Waals surface area contributed by atoms with Gasteiger partial charge in [0.2, 0.25) is 0 Å². The van der Waals surface area contributed by atoms with E-state index in [0.717, 1.165) is 32.3 Å². The summed E-state index contributed by atoms with van der Waals surface area (Å²) in [5.41, 5.74) is 0. The molecule has 13 heavy (non-hydrogen) atoms. The molecule has 1 aliphatic heterocycles. The van der Waals surface area contributed by atoms with E-state index in [4.69, 9.17) is 9.84 Å². The number of aliphatic hydroxyl groups excluding tert-OH is 1. The van der Waals surface area contributed by atoms with Crippen molar-refractivity contribution >= 4 is 0 Å². The molecule has 1 atom stereocenters. The van der Waals surface area contributed by atoms with Crippen LogP contribution in [0.25, 0.3) is 0 Å². The molecule has 1 N–H and O–H groups in total. The van der Waals surface area contributed by atoms with Crippen molar-refractivity contribution in [3.63, 3.8) is 0 Å². The molecular formula is C11H18O2. The summed E-state index contributed by atoms with van der Waals surface area (Å²) < 4.78 is 5.46. The summed E-state index contributed by atoms with van der Waals surface area (Å²) >= 11 is 0. The van der Waals surface area contributed by atoms with Crippen LogP contribution in [0, 0.1) is 11.8 Å². The van der Waals surface area contributed by atoms with Crippen molar-refractivity contribution in [3.8, 4) is 11.8 Å². The van der Waals surface area contributed by atoms with E-state index in [1.165, 1.54) is 12.8 Å². The molecule has 0 amide bonds. The molecule has 0 radical (unpaired) electrons. The maximum atomic E-state index is 8.54. The van der Waals surface area contributed by atoms with E-state index in [0.29, 0.717) is 0 Å². The highest BCUT2D eigenvalue weighted by atomic mass is 16.5. The zero-order valence-corrected chi connectivity index (χ0v) is 8.09. The highest BCUT2D eigenvalue weighted by Gasteiger charge is 2.09. The van der Waals surface area contributed by atoms with Gasteiger partial charge in [-0.3, -0.25) is 0 Å². The van der Waals surface area contributed by atoms with E-state index in [2.05, 4.69) is 11.8 Å². The molecule has 0 spiro atoms. The molecule has 1 saturated heterocycles. The molecule has 1 heterocycles. The molecule has 1 rings (SSSR count). The summed E-state index contributed by atoms with van der Waals surface area (Å²) in [5, 5.41) is 8.54. The lowest BCUT2D eigenvalue weighted by Gasteiger charge is -2.16. The predicted octanol–water partition coefficient (Wildman–Crippen LogP) is 1.72. The van der Waals surface area contributed by atoms with Crippen LogP contribution >= 0.6 is 0 Å². The summed E-state index contributed by atoms with van der Waals surface area (Å²) in [5.74, 6) is 6.23. The summed E-state index contributed by atoms with van der Waals surface area (Å²) in [6.07, 6.45) is 6.45. The van der Waals surface area contributed by atoms with Crippen molar-refractivity contribution in [2.75, 3.05) is 13.2 Å². The Hall–Kier alpha value is -0.520. The first kappa shape index (κ1) is 10.6. The number of rotatable bonds is 3. The second kappa shape index (κ2) is 6.94. The van der Waals surface area contributed by atoms with Gasteiger partial charge in [-0.1, -0.05) is 5.92 Å². The smallest absolute Gasteiger partial charge is 0.118 e. The van der Waals surface area contributed by atoms with Gasteiger partial charge >= 0.3 is 0 Å². The fraction of sp³-hybridized carbons (Fsp3) is 0.818. The van der Waals surface area contributed by atoms with Gasteiger partial charge in [0.25, 0.3) is 0 Å². The van der Waals surface area contributed by atoms with E-state index in [1.807, 2.05) is 0 Å². The van der Waals surface area contributed by atoms with Crippen molar-refractivity contribution < 1.29 is 9.84 Å². The van der Waals surface area contributed by atoms with Crippen molar-refractivity contribution in [2.24, 2.45) is 0 Å². The average Bonchev–Trinajstić information content (AvgIpc) is 2.19. The van der Waals surface area contributed by atoms with E-state index in [-0.39, 0.29) is 12.7 Å². The maximum absolute atomic E-state index is 8.54. The lowest BCUT2D eigenvalue weighted by atomic mass is 10.1. The van der Waals surface area contributed by atoms with Crippen LogP contribution in [0.15, 0.2) is 0 Å². The maximum Gasteiger partial charge on any atom is 0.118 e. The molecule has 0 aromatic rings. The molecule has 0 aliphatic carbocycles. The fourth-order valence-electron chi connectivity index (χ4n) is 1.37. The van der Waals surface area contributed by atoms with Crippen molar-refractivity contribution in [1.29, 1.82) is 0 Å². The number of unbranched alkanes of at least 4 members (excludes halogenated alkanes) is 2. The normalized spacial score (nSPS) is 22.1. The van der Waals surface area contributed by atoms with Gasteiger partial charge in [-0.15, -0.1) is 5.92 Å². The summed E-state index contributed by atoms with van der Waals surface area (Å²) in [6, 6.07) is 0. The Labute approximate surface area is 80.3 Å². The third-order valence-electron chi connectivity index (χ3n) is 2.15. The molecule has 0 aromatic carbocycles. The number of hydrogen-bond donors (Lipinski definition) is 1. The molecule has 0 aromatic heterocycles. The van der Waals surface area contributed by atoms with E-state index < -0.39 is 0 Å². The molecule has 1 aliphatic rings. The second-order valence-electron chi connectivity index (χ2n) is 3.36. The lowest BCUT2D eigenvalue weighted by Crippen LogP contribution is -2.16. The van der Waals surface area contributed by atoms with Gasteiger partial charge in [0.15, 0.2) is 0 Å². The van der Waals surface area contributed by atoms with Gasteiger partial charge in [0, 0.05) is 19.6 Å². The van der Waals surface area contributed by atoms with Gasteiger partial charge in [-0.05, 0) is 32.1 Å². The Morgan fingerprint density at radius 1 is 1.31 bits per heavy atom. The summed E-state index contributed by atoms with van der Waals surface area (Å²) in [7, 11) is 0. The SMILES string of the molecule is OCCCCC#CC1CCCCO1. The molecule has 2 nitrogen and oxygen atoms in total. The van der Waals surface area contributed by atoms with E-state index in [1.54, 1.807) is 0 Å². The minimum atomic E-state index is 0.183. The average molecular weight is 182 g/mol. The minimum Gasteiger partial charge on any atom is -0.396 e. The second-order valence-corrected chi connectivity index (χ2v) is 3.36. The van der Waals surface area contributed by atoms with Crippen LogP contribution < -0.4 is 0 Å². The Bertz CT molecular complexity index is 172. The third-order valence-corrected chi connectivity index (χ3v) is 2.15. The van der Waals surface area contributed by atoms with Crippen LogP contribution in [-0.4, -0.2) is 24.4 Å². The Balaban J connectivity index is 2.06. The first-order chi connectivity index (χ1) is 6.43. The number of aliphatic hydroxyl groups is 1. The Kier molecular flexibility index (Phi) is 5.64. The van der Waals surface area contributed by atoms with E-state index >= 15 is 0 Å². The first-order valence-electron chi connectivity index (χ1n) is 5.14. The van der Waals surface area contributed by atoms with Gasteiger partial charge in [-0.2, -0.15) is 0 Å². The Morgan fingerprint density at radius 3 is 2.92 bits per heavy atom. The highest BCUT2D eigenvalue weighted by Crippen LogP contribution is 2.11.